The van der Waals surface area contributed by atoms with Crippen LogP contribution in [0.3, 0.4) is 0 Å². The van der Waals surface area contributed by atoms with E-state index in [2.05, 4.69) is 35.9 Å². The molecule has 3 nitrogen and oxygen atoms in total. The molecule has 2 saturated heterocycles. The minimum atomic E-state index is 0.630. The third-order valence-corrected chi connectivity index (χ3v) is 5.58. The van der Waals surface area contributed by atoms with Gasteiger partial charge in [0.1, 0.15) is 0 Å². The van der Waals surface area contributed by atoms with Gasteiger partial charge in [0, 0.05) is 37.3 Å². The van der Waals surface area contributed by atoms with Crippen molar-refractivity contribution in [2.75, 3.05) is 26.2 Å². The molecular weight excluding hydrogens is 234 g/mol. The topological polar surface area (TPSA) is 18.5 Å². The molecule has 1 N–H and O–H groups in total. The van der Waals surface area contributed by atoms with E-state index in [1.165, 1.54) is 51.9 Å². The fourth-order valence-corrected chi connectivity index (χ4v) is 4.29. The second-order valence-electron chi connectivity index (χ2n) is 7.30. The largest absolute Gasteiger partial charge is 0.314 e. The van der Waals surface area contributed by atoms with Gasteiger partial charge < -0.3 is 5.32 Å². The fourth-order valence-electron chi connectivity index (χ4n) is 4.29. The van der Waals surface area contributed by atoms with Crippen molar-refractivity contribution in [1.82, 2.24) is 15.1 Å². The van der Waals surface area contributed by atoms with Crippen LogP contribution in [0.25, 0.3) is 0 Å². The number of hydrogen-bond donors (Lipinski definition) is 1. The number of rotatable bonds is 4. The summed E-state index contributed by atoms with van der Waals surface area (Å²) in [6.07, 6.45) is 5.72. The van der Waals surface area contributed by atoms with Gasteiger partial charge in [-0.05, 0) is 51.6 Å². The van der Waals surface area contributed by atoms with Crippen LogP contribution < -0.4 is 5.32 Å². The van der Waals surface area contributed by atoms with E-state index in [9.17, 15) is 0 Å². The molecule has 0 amide bonds. The average molecular weight is 265 g/mol. The van der Waals surface area contributed by atoms with Gasteiger partial charge in [-0.2, -0.15) is 0 Å². The van der Waals surface area contributed by atoms with Gasteiger partial charge in [0.25, 0.3) is 0 Å². The van der Waals surface area contributed by atoms with Gasteiger partial charge in [0.05, 0.1) is 0 Å². The van der Waals surface area contributed by atoms with Gasteiger partial charge in [-0.25, -0.2) is 0 Å². The summed E-state index contributed by atoms with van der Waals surface area (Å²) in [7, 11) is 0. The van der Waals surface area contributed by atoms with Gasteiger partial charge >= 0.3 is 0 Å². The maximum absolute atomic E-state index is 3.64. The molecule has 4 atom stereocenters. The van der Waals surface area contributed by atoms with Crippen LogP contribution in [0.4, 0.5) is 0 Å². The lowest BCUT2D eigenvalue weighted by atomic mass is 9.77. The Labute approximate surface area is 118 Å². The van der Waals surface area contributed by atoms with Crippen molar-refractivity contribution in [3.63, 3.8) is 0 Å². The molecule has 110 valence electrons. The van der Waals surface area contributed by atoms with Gasteiger partial charge in [-0.3, -0.25) is 9.80 Å². The SMILES string of the molecule is CC(C)NCC1CCC1N1CC2CCCN2CC1C. The van der Waals surface area contributed by atoms with Crippen LogP contribution in [0.15, 0.2) is 0 Å². The smallest absolute Gasteiger partial charge is 0.0224 e. The molecule has 2 heterocycles. The van der Waals surface area contributed by atoms with Crippen LogP contribution in [0.1, 0.15) is 46.5 Å². The fraction of sp³-hybridized carbons (Fsp3) is 1.00. The van der Waals surface area contributed by atoms with E-state index in [1.54, 1.807) is 0 Å². The Hall–Kier alpha value is -0.120. The van der Waals surface area contributed by atoms with E-state index >= 15 is 0 Å². The highest BCUT2D eigenvalue weighted by molar-refractivity contribution is 4.98. The van der Waals surface area contributed by atoms with Gasteiger partial charge in [0.15, 0.2) is 0 Å². The zero-order chi connectivity index (χ0) is 13.4. The molecule has 3 rings (SSSR count). The van der Waals surface area contributed by atoms with Crippen molar-refractivity contribution < 1.29 is 0 Å². The third kappa shape index (κ3) is 2.84. The highest BCUT2D eigenvalue weighted by Crippen LogP contribution is 2.36. The quantitative estimate of drug-likeness (QED) is 0.838. The molecule has 0 aromatic rings. The predicted molar refractivity (Wildman–Crippen MR) is 80.4 cm³/mol. The summed E-state index contributed by atoms with van der Waals surface area (Å²) in [5.74, 6) is 0.901. The summed E-state index contributed by atoms with van der Waals surface area (Å²) in [6.45, 7) is 12.2. The lowest BCUT2D eigenvalue weighted by Crippen LogP contribution is -2.62. The second-order valence-corrected chi connectivity index (χ2v) is 7.30. The Morgan fingerprint density at radius 1 is 1.16 bits per heavy atom. The zero-order valence-electron chi connectivity index (χ0n) is 12.9. The Morgan fingerprint density at radius 2 is 2.00 bits per heavy atom. The van der Waals surface area contributed by atoms with Crippen LogP contribution in [0, 0.1) is 5.92 Å². The molecule has 0 aromatic carbocycles. The molecular formula is C16H31N3. The molecule has 19 heavy (non-hydrogen) atoms. The van der Waals surface area contributed by atoms with Crippen LogP contribution in [-0.2, 0) is 0 Å². The predicted octanol–water partition coefficient (Wildman–Crippen LogP) is 1.93. The monoisotopic (exact) mass is 265 g/mol. The van der Waals surface area contributed by atoms with Crippen molar-refractivity contribution in [3.8, 4) is 0 Å². The van der Waals surface area contributed by atoms with Crippen LogP contribution >= 0.6 is 0 Å². The standard InChI is InChI=1S/C16H31N3/c1-12(2)17-9-14-6-7-16(14)19-11-15-5-4-8-18(15)10-13(19)3/h12-17H,4-11H2,1-3H3. The van der Waals surface area contributed by atoms with E-state index < -0.39 is 0 Å². The minimum Gasteiger partial charge on any atom is -0.314 e. The molecule has 0 spiro atoms. The molecule has 3 fully saturated rings. The molecule has 3 aliphatic rings. The first-order valence-corrected chi connectivity index (χ1v) is 8.38. The summed E-state index contributed by atoms with van der Waals surface area (Å²) in [6, 6.07) is 3.13. The normalized spacial score (nSPS) is 40.4. The summed E-state index contributed by atoms with van der Waals surface area (Å²) < 4.78 is 0. The third-order valence-electron chi connectivity index (χ3n) is 5.58. The number of piperazine rings is 1. The molecule has 0 radical (unpaired) electrons. The molecule has 2 aliphatic heterocycles. The Balaban J connectivity index is 1.56. The first kappa shape index (κ1) is 13.8. The van der Waals surface area contributed by atoms with E-state index in [-0.39, 0.29) is 0 Å². The number of fused-ring (bicyclic) bond motifs is 1. The molecule has 1 aliphatic carbocycles. The second kappa shape index (κ2) is 5.71. The van der Waals surface area contributed by atoms with Gasteiger partial charge in [-0.1, -0.05) is 13.8 Å². The highest BCUT2D eigenvalue weighted by Gasteiger charge is 2.42. The van der Waals surface area contributed by atoms with Crippen LogP contribution in [0.2, 0.25) is 0 Å². The zero-order valence-corrected chi connectivity index (χ0v) is 12.9. The van der Waals surface area contributed by atoms with Crippen LogP contribution in [0.5, 0.6) is 0 Å². The number of hydrogen-bond acceptors (Lipinski definition) is 3. The lowest BCUT2D eigenvalue weighted by molar-refractivity contribution is -0.0274. The Morgan fingerprint density at radius 3 is 2.68 bits per heavy atom. The first-order valence-electron chi connectivity index (χ1n) is 8.38. The van der Waals surface area contributed by atoms with Crippen molar-refractivity contribution in [1.29, 1.82) is 0 Å². The van der Waals surface area contributed by atoms with E-state index in [1.807, 2.05) is 0 Å². The van der Waals surface area contributed by atoms with Crippen molar-refractivity contribution in [2.45, 2.75) is 70.6 Å². The summed E-state index contributed by atoms with van der Waals surface area (Å²) >= 11 is 0. The van der Waals surface area contributed by atoms with Gasteiger partial charge in [0.2, 0.25) is 0 Å². The van der Waals surface area contributed by atoms with E-state index in [0.717, 1.165) is 24.0 Å². The lowest BCUT2D eigenvalue weighted by Gasteiger charge is -2.52. The van der Waals surface area contributed by atoms with Crippen molar-refractivity contribution in [2.24, 2.45) is 5.92 Å². The molecule has 1 saturated carbocycles. The first-order chi connectivity index (χ1) is 9.15. The maximum Gasteiger partial charge on any atom is 0.0224 e. The average Bonchev–Trinajstić information content (AvgIpc) is 2.75. The summed E-state index contributed by atoms with van der Waals surface area (Å²) in [5, 5.41) is 3.64. The molecule has 3 heteroatoms. The highest BCUT2D eigenvalue weighted by atomic mass is 15.3. The summed E-state index contributed by atoms with van der Waals surface area (Å²) in [5.41, 5.74) is 0. The van der Waals surface area contributed by atoms with Crippen LogP contribution in [-0.4, -0.2) is 60.1 Å². The van der Waals surface area contributed by atoms with Crippen molar-refractivity contribution in [3.05, 3.63) is 0 Å². The maximum atomic E-state index is 3.64. The molecule has 0 aromatic heterocycles. The van der Waals surface area contributed by atoms with Gasteiger partial charge in [-0.15, -0.1) is 0 Å². The molecule has 4 unspecified atom stereocenters. The number of nitrogens with one attached hydrogen (secondary N) is 1. The summed E-state index contributed by atoms with van der Waals surface area (Å²) in [4.78, 5) is 5.59. The van der Waals surface area contributed by atoms with E-state index in [0.29, 0.717) is 6.04 Å². The molecule has 0 bridgehead atoms. The number of nitrogens with zero attached hydrogens (tertiary/aromatic N) is 2. The Kier molecular flexibility index (Phi) is 4.16. The van der Waals surface area contributed by atoms with Crippen molar-refractivity contribution >= 4 is 0 Å². The Bertz CT molecular complexity index is 304. The minimum absolute atomic E-state index is 0.630. The van der Waals surface area contributed by atoms with E-state index in [4.69, 9.17) is 0 Å².